The van der Waals surface area contributed by atoms with E-state index in [1.54, 1.807) is 6.08 Å². The van der Waals surface area contributed by atoms with Crippen molar-refractivity contribution in [3.63, 3.8) is 0 Å². The Morgan fingerprint density at radius 3 is 2.79 bits per heavy atom. The zero-order chi connectivity index (χ0) is 9.97. The van der Waals surface area contributed by atoms with E-state index in [0.29, 0.717) is 6.54 Å². The van der Waals surface area contributed by atoms with Crippen LogP contribution in [0.15, 0.2) is 36.4 Å². The molecule has 2 rings (SSSR count). The lowest BCUT2D eigenvalue weighted by atomic mass is 10.2. The maximum atomic E-state index is 11.3. The summed E-state index contributed by atoms with van der Waals surface area (Å²) in [5, 5.41) is 0. The van der Waals surface area contributed by atoms with Gasteiger partial charge in [0, 0.05) is 22.7 Å². The number of amides is 1. The Morgan fingerprint density at radius 1 is 1.36 bits per heavy atom. The van der Waals surface area contributed by atoms with Crippen molar-refractivity contribution in [2.24, 2.45) is 0 Å². The van der Waals surface area contributed by atoms with Gasteiger partial charge in [-0.2, -0.15) is 0 Å². The maximum Gasteiger partial charge on any atom is 0.246 e. The molecule has 1 aromatic carbocycles. The summed E-state index contributed by atoms with van der Waals surface area (Å²) in [5.74, 6) is 0.115. The monoisotopic (exact) mass is 299 g/mol. The second-order valence-electron chi connectivity index (χ2n) is 3.21. The smallest absolute Gasteiger partial charge is 0.246 e. The second-order valence-corrected chi connectivity index (χ2v) is 4.37. The molecule has 0 fully saturated rings. The summed E-state index contributed by atoms with van der Waals surface area (Å²) in [6, 6.07) is 8.14. The molecule has 0 spiro atoms. The number of hydrogen-bond donors (Lipinski definition) is 0. The van der Waals surface area contributed by atoms with Gasteiger partial charge in [0.2, 0.25) is 5.91 Å². The number of nitrogens with zero attached hydrogens (tertiary/aromatic N) is 1. The van der Waals surface area contributed by atoms with Crippen LogP contribution >= 0.6 is 22.6 Å². The van der Waals surface area contributed by atoms with E-state index in [1.165, 1.54) is 9.13 Å². The molecule has 2 nitrogen and oxygen atoms in total. The van der Waals surface area contributed by atoms with Crippen molar-refractivity contribution >= 4 is 28.5 Å². The molecule has 0 bridgehead atoms. The van der Waals surface area contributed by atoms with Crippen molar-refractivity contribution in [1.29, 1.82) is 0 Å². The minimum atomic E-state index is 0.115. The van der Waals surface area contributed by atoms with Crippen molar-refractivity contribution < 1.29 is 4.79 Å². The molecule has 1 aliphatic heterocycles. The van der Waals surface area contributed by atoms with E-state index >= 15 is 0 Å². The summed E-state index contributed by atoms with van der Waals surface area (Å²) >= 11 is 2.30. The van der Waals surface area contributed by atoms with Crippen LogP contribution in [0.1, 0.15) is 5.56 Å². The van der Waals surface area contributed by atoms with Gasteiger partial charge >= 0.3 is 0 Å². The molecule has 0 radical (unpaired) electrons. The minimum absolute atomic E-state index is 0.115. The minimum Gasteiger partial charge on any atom is -0.331 e. The maximum absolute atomic E-state index is 11.3. The van der Waals surface area contributed by atoms with Gasteiger partial charge in [0.1, 0.15) is 0 Å². The molecule has 0 saturated carbocycles. The number of hydrogen-bond acceptors (Lipinski definition) is 1. The molecular formula is C11H10INO. The Bertz CT molecular complexity index is 387. The van der Waals surface area contributed by atoms with Gasteiger partial charge in [-0.05, 0) is 34.2 Å². The highest BCUT2D eigenvalue weighted by Gasteiger charge is 2.15. The Morgan fingerprint density at radius 2 is 2.14 bits per heavy atom. The van der Waals surface area contributed by atoms with Gasteiger partial charge in [-0.3, -0.25) is 4.79 Å². The summed E-state index contributed by atoms with van der Waals surface area (Å²) in [7, 11) is 0. The van der Waals surface area contributed by atoms with Gasteiger partial charge in [0.25, 0.3) is 0 Å². The van der Waals surface area contributed by atoms with Crippen LogP contribution in [0, 0.1) is 3.57 Å². The Kier molecular flexibility index (Phi) is 2.86. The Hall–Kier alpha value is -0.840. The molecule has 72 valence electrons. The van der Waals surface area contributed by atoms with Crippen molar-refractivity contribution in [3.8, 4) is 0 Å². The molecular weight excluding hydrogens is 289 g/mol. The molecule has 3 heteroatoms. The summed E-state index contributed by atoms with van der Waals surface area (Å²) in [6.45, 7) is 1.45. The molecule has 0 saturated heterocycles. The quantitative estimate of drug-likeness (QED) is 0.767. The molecule has 1 aliphatic rings. The molecule has 1 heterocycles. The normalized spacial score (nSPS) is 15.2. The first-order chi connectivity index (χ1) is 6.77. The molecule has 1 aromatic rings. The third kappa shape index (κ3) is 1.97. The van der Waals surface area contributed by atoms with E-state index in [4.69, 9.17) is 0 Å². The van der Waals surface area contributed by atoms with Gasteiger partial charge in [0.05, 0.1) is 0 Å². The van der Waals surface area contributed by atoms with Crippen LogP contribution in [-0.4, -0.2) is 17.4 Å². The Balaban J connectivity index is 2.12. The van der Waals surface area contributed by atoms with E-state index in [9.17, 15) is 4.79 Å². The SMILES string of the molecule is O=C1C=CCN1Cc1ccccc1I. The van der Waals surface area contributed by atoms with E-state index in [0.717, 1.165) is 6.54 Å². The van der Waals surface area contributed by atoms with E-state index in [1.807, 2.05) is 23.1 Å². The standard InChI is InChI=1S/C11H10INO/c12-10-5-2-1-4-9(10)8-13-7-3-6-11(13)14/h1-6H,7-8H2. The van der Waals surface area contributed by atoms with Crippen LogP contribution in [0.3, 0.4) is 0 Å². The summed E-state index contributed by atoms with van der Waals surface area (Å²) < 4.78 is 1.21. The lowest BCUT2D eigenvalue weighted by Crippen LogP contribution is -2.24. The van der Waals surface area contributed by atoms with Gasteiger partial charge in [-0.1, -0.05) is 24.3 Å². The van der Waals surface area contributed by atoms with Gasteiger partial charge in [0.15, 0.2) is 0 Å². The van der Waals surface area contributed by atoms with Crippen molar-refractivity contribution in [3.05, 3.63) is 45.6 Å². The summed E-state index contributed by atoms with van der Waals surface area (Å²) in [4.78, 5) is 13.2. The number of carbonyl (C=O) groups is 1. The number of benzene rings is 1. The fourth-order valence-electron chi connectivity index (χ4n) is 1.45. The average molecular weight is 299 g/mol. The zero-order valence-electron chi connectivity index (χ0n) is 7.61. The van der Waals surface area contributed by atoms with Gasteiger partial charge in [-0.25, -0.2) is 0 Å². The first-order valence-electron chi connectivity index (χ1n) is 4.46. The van der Waals surface area contributed by atoms with Crippen LogP contribution in [0.25, 0.3) is 0 Å². The van der Waals surface area contributed by atoms with E-state index in [2.05, 4.69) is 34.7 Å². The molecule has 1 amide bonds. The highest BCUT2D eigenvalue weighted by atomic mass is 127. The predicted octanol–water partition coefficient (Wildman–Crippen LogP) is 2.19. The van der Waals surface area contributed by atoms with E-state index < -0.39 is 0 Å². The second kappa shape index (κ2) is 4.13. The summed E-state index contributed by atoms with van der Waals surface area (Å²) in [6.07, 6.45) is 3.54. The van der Waals surface area contributed by atoms with Crippen LogP contribution in [0.4, 0.5) is 0 Å². The highest BCUT2D eigenvalue weighted by Crippen LogP contribution is 2.15. The van der Waals surface area contributed by atoms with E-state index in [-0.39, 0.29) is 5.91 Å². The molecule has 14 heavy (non-hydrogen) atoms. The molecule has 0 N–H and O–H groups in total. The largest absolute Gasteiger partial charge is 0.331 e. The average Bonchev–Trinajstić information content (AvgIpc) is 2.56. The molecule has 0 atom stereocenters. The van der Waals surface area contributed by atoms with Crippen LogP contribution in [0.2, 0.25) is 0 Å². The number of carbonyl (C=O) groups excluding carboxylic acids is 1. The van der Waals surface area contributed by atoms with Crippen molar-refractivity contribution in [1.82, 2.24) is 4.90 Å². The third-order valence-electron chi connectivity index (χ3n) is 2.22. The zero-order valence-corrected chi connectivity index (χ0v) is 9.77. The third-order valence-corrected chi connectivity index (χ3v) is 3.27. The molecule has 0 aromatic heterocycles. The highest BCUT2D eigenvalue weighted by molar-refractivity contribution is 14.1. The van der Waals surface area contributed by atoms with Crippen molar-refractivity contribution in [2.45, 2.75) is 6.54 Å². The molecule has 0 aliphatic carbocycles. The van der Waals surface area contributed by atoms with Gasteiger partial charge < -0.3 is 4.90 Å². The summed E-state index contributed by atoms with van der Waals surface area (Å²) in [5.41, 5.74) is 1.21. The topological polar surface area (TPSA) is 20.3 Å². The van der Waals surface area contributed by atoms with Gasteiger partial charge in [-0.15, -0.1) is 0 Å². The van der Waals surface area contributed by atoms with Crippen molar-refractivity contribution in [2.75, 3.05) is 6.54 Å². The number of halogens is 1. The van der Waals surface area contributed by atoms with Crippen LogP contribution in [0.5, 0.6) is 0 Å². The lowest BCUT2D eigenvalue weighted by molar-refractivity contribution is -0.125. The fourth-order valence-corrected chi connectivity index (χ4v) is 2.01. The van der Waals surface area contributed by atoms with Crippen LogP contribution < -0.4 is 0 Å². The predicted molar refractivity (Wildman–Crippen MR) is 63.7 cm³/mol. The molecule has 0 unspecified atom stereocenters. The lowest BCUT2D eigenvalue weighted by Gasteiger charge is -2.16. The first kappa shape index (κ1) is 9.71. The van der Waals surface area contributed by atoms with Crippen LogP contribution in [-0.2, 0) is 11.3 Å². The fraction of sp³-hybridized carbons (Fsp3) is 0.182. The number of rotatable bonds is 2. The first-order valence-corrected chi connectivity index (χ1v) is 5.54. The Labute approximate surface area is 96.7 Å².